The number of urea groups is 1. The van der Waals surface area contributed by atoms with Gasteiger partial charge in [-0.2, -0.15) is 0 Å². The Labute approximate surface area is 137 Å². The first-order valence-corrected chi connectivity index (χ1v) is 8.71. The second-order valence-corrected chi connectivity index (χ2v) is 6.40. The lowest BCUT2D eigenvalue weighted by molar-refractivity contribution is 0.0679. The summed E-state index contributed by atoms with van der Waals surface area (Å²) in [5.74, 6) is 0.804. The summed E-state index contributed by atoms with van der Waals surface area (Å²) in [5, 5.41) is 5.93. The average Bonchev–Trinajstić information content (AvgIpc) is 3.08. The minimum absolute atomic E-state index is 0.120. The van der Waals surface area contributed by atoms with Crippen LogP contribution in [-0.2, 0) is 4.74 Å². The number of nitrogens with one attached hydrogen (secondary N) is 2. The van der Waals surface area contributed by atoms with E-state index in [2.05, 4.69) is 10.6 Å². The van der Waals surface area contributed by atoms with Gasteiger partial charge in [-0.1, -0.05) is 19.3 Å². The van der Waals surface area contributed by atoms with Gasteiger partial charge in [0, 0.05) is 18.3 Å². The second kappa shape index (κ2) is 8.20. The van der Waals surface area contributed by atoms with Gasteiger partial charge in [0.15, 0.2) is 0 Å². The quantitative estimate of drug-likeness (QED) is 0.870. The van der Waals surface area contributed by atoms with E-state index in [1.54, 1.807) is 0 Å². The topological polar surface area (TPSA) is 59.6 Å². The molecule has 2 N–H and O–H groups in total. The summed E-state index contributed by atoms with van der Waals surface area (Å²) in [4.78, 5) is 12.0. The van der Waals surface area contributed by atoms with Crippen molar-refractivity contribution in [2.45, 2.75) is 57.1 Å². The first-order chi connectivity index (χ1) is 11.3. The van der Waals surface area contributed by atoms with Crippen LogP contribution in [0.1, 0.15) is 44.9 Å². The van der Waals surface area contributed by atoms with Crippen molar-refractivity contribution in [2.75, 3.05) is 18.5 Å². The summed E-state index contributed by atoms with van der Waals surface area (Å²) in [7, 11) is 0. The highest BCUT2D eigenvalue weighted by Crippen LogP contribution is 2.19. The van der Waals surface area contributed by atoms with Gasteiger partial charge in [0.05, 0.1) is 6.10 Å². The van der Waals surface area contributed by atoms with Crippen molar-refractivity contribution in [3.05, 3.63) is 24.3 Å². The minimum atomic E-state index is -0.120. The van der Waals surface area contributed by atoms with Gasteiger partial charge >= 0.3 is 6.03 Å². The van der Waals surface area contributed by atoms with Gasteiger partial charge < -0.3 is 20.1 Å². The molecule has 2 amide bonds. The van der Waals surface area contributed by atoms with Crippen LogP contribution in [0.3, 0.4) is 0 Å². The normalized spacial score (nSPS) is 21.8. The number of rotatable bonds is 5. The van der Waals surface area contributed by atoms with Crippen molar-refractivity contribution < 1.29 is 14.3 Å². The number of carbonyl (C=O) groups is 1. The van der Waals surface area contributed by atoms with Crippen LogP contribution in [0.4, 0.5) is 10.5 Å². The van der Waals surface area contributed by atoms with Gasteiger partial charge in [-0.05, 0) is 49.9 Å². The maximum absolute atomic E-state index is 12.0. The highest BCUT2D eigenvalue weighted by atomic mass is 16.5. The maximum atomic E-state index is 12.0. The third-order valence-corrected chi connectivity index (χ3v) is 4.51. The molecule has 1 heterocycles. The molecule has 1 saturated carbocycles. The van der Waals surface area contributed by atoms with Crippen molar-refractivity contribution >= 4 is 11.7 Å². The molecule has 0 radical (unpaired) electrons. The van der Waals surface area contributed by atoms with Crippen molar-refractivity contribution in [1.82, 2.24) is 5.32 Å². The Bertz CT molecular complexity index is 491. The van der Waals surface area contributed by atoms with E-state index in [0.717, 1.165) is 43.7 Å². The predicted octanol–water partition coefficient (Wildman–Crippen LogP) is 3.70. The molecule has 1 aromatic rings. The van der Waals surface area contributed by atoms with Crippen LogP contribution in [0.2, 0.25) is 0 Å². The smallest absolute Gasteiger partial charge is 0.319 e. The maximum Gasteiger partial charge on any atom is 0.319 e. The summed E-state index contributed by atoms with van der Waals surface area (Å²) >= 11 is 0. The van der Waals surface area contributed by atoms with Crippen LogP contribution in [0.5, 0.6) is 5.75 Å². The lowest BCUT2D eigenvalue weighted by Crippen LogP contribution is -2.38. The van der Waals surface area contributed by atoms with E-state index in [1.807, 2.05) is 24.3 Å². The van der Waals surface area contributed by atoms with Crippen molar-refractivity contribution in [3.63, 3.8) is 0 Å². The summed E-state index contributed by atoms with van der Waals surface area (Å²) in [6, 6.07) is 7.69. The largest absolute Gasteiger partial charge is 0.491 e. The zero-order chi connectivity index (χ0) is 15.9. The number of benzene rings is 1. The molecule has 5 nitrogen and oxygen atoms in total. The zero-order valence-electron chi connectivity index (χ0n) is 13.6. The summed E-state index contributed by atoms with van der Waals surface area (Å²) in [5.41, 5.74) is 0.780. The Morgan fingerprint density at radius 1 is 1.09 bits per heavy atom. The molecule has 1 aromatic carbocycles. The fourth-order valence-corrected chi connectivity index (χ4v) is 3.20. The van der Waals surface area contributed by atoms with E-state index < -0.39 is 0 Å². The van der Waals surface area contributed by atoms with Crippen molar-refractivity contribution in [1.29, 1.82) is 0 Å². The zero-order valence-corrected chi connectivity index (χ0v) is 13.6. The Morgan fingerprint density at radius 3 is 2.57 bits per heavy atom. The van der Waals surface area contributed by atoms with E-state index in [0.29, 0.717) is 12.6 Å². The SMILES string of the molecule is O=C(Nc1ccc(OC[C@@H]2CCCO2)cc1)NC1CCCCC1. The molecular formula is C18H26N2O3. The molecule has 0 bridgehead atoms. The fraction of sp³-hybridized carbons (Fsp3) is 0.611. The Morgan fingerprint density at radius 2 is 1.87 bits per heavy atom. The number of amides is 2. The summed E-state index contributed by atoms with van der Waals surface area (Å²) < 4.78 is 11.3. The molecule has 1 saturated heterocycles. The molecule has 23 heavy (non-hydrogen) atoms. The molecule has 0 unspecified atom stereocenters. The molecule has 126 valence electrons. The van der Waals surface area contributed by atoms with Crippen LogP contribution in [0, 0.1) is 0 Å². The number of carbonyl (C=O) groups excluding carboxylic acids is 1. The van der Waals surface area contributed by atoms with Gasteiger partial charge in [-0.25, -0.2) is 4.79 Å². The molecule has 1 atom stereocenters. The van der Waals surface area contributed by atoms with E-state index in [9.17, 15) is 4.79 Å². The molecule has 5 heteroatoms. The molecular weight excluding hydrogens is 292 g/mol. The third kappa shape index (κ3) is 5.13. The number of anilines is 1. The van der Waals surface area contributed by atoms with Crippen LogP contribution in [0.25, 0.3) is 0 Å². The monoisotopic (exact) mass is 318 g/mol. The summed E-state index contributed by atoms with van der Waals surface area (Å²) in [6.45, 7) is 1.43. The van der Waals surface area contributed by atoms with E-state index in [4.69, 9.17) is 9.47 Å². The Hall–Kier alpha value is -1.75. The van der Waals surface area contributed by atoms with Crippen LogP contribution < -0.4 is 15.4 Å². The predicted molar refractivity (Wildman–Crippen MR) is 89.9 cm³/mol. The van der Waals surface area contributed by atoms with Gasteiger partial charge in [0.1, 0.15) is 12.4 Å². The minimum Gasteiger partial charge on any atom is -0.491 e. The molecule has 0 spiro atoms. The molecule has 2 aliphatic rings. The standard InChI is InChI=1S/C18H26N2O3/c21-18(19-14-5-2-1-3-6-14)20-15-8-10-16(11-9-15)23-13-17-7-4-12-22-17/h8-11,14,17H,1-7,12-13H2,(H2,19,20,21)/t17-/m0/s1. The van der Waals surface area contributed by atoms with Gasteiger partial charge in [-0.3, -0.25) is 0 Å². The van der Waals surface area contributed by atoms with Gasteiger partial charge in [0.2, 0.25) is 0 Å². The van der Waals surface area contributed by atoms with Crippen molar-refractivity contribution in [2.24, 2.45) is 0 Å². The van der Waals surface area contributed by atoms with E-state index >= 15 is 0 Å². The van der Waals surface area contributed by atoms with Crippen LogP contribution in [-0.4, -0.2) is 31.4 Å². The average molecular weight is 318 g/mol. The van der Waals surface area contributed by atoms with Crippen molar-refractivity contribution in [3.8, 4) is 5.75 Å². The van der Waals surface area contributed by atoms with E-state index in [1.165, 1.54) is 19.3 Å². The number of hydrogen-bond donors (Lipinski definition) is 2. The summed E-state index contributed by atoms with van der Waals surface area (Å²) in [6.07, 6.45) is 8.28. The van der Waals surface area contributed by atoms with Gasteiger partial charge in [-0.15, -0.1) is 0 Å². The first-order valence-electron chi connectivity index (χ1n) is 8.71. The highest BCUT2D eigenvalue weighted by Gasteiger charge is 2.17. The second-order valence-electron chi connectivity index (χ2n) is 6.40. The number of ether oxygens (including phenoxy) is 2. The molecule has 0 aromatic heterocycles. The van der Waals surface area contributed by atoms with Crippen LogP contribution in [0.15, 0.2) is 24.3 Å². The molecule has 3 rings (SSSR count). The molecule has 1 aliphatic carbocycles. The Balaban J connectivity index is 1.42. The fourth-order valence-electron chi connectivity index (χ4n) is 3.20. The highest BCUT2D eigenvalue weighted by molar-refractivity contribution is 5.89. The Kier molecular flexibility index (Phi) is 5.75. The molecule has 1 aliphatic heterocycles. The van der Waals surface area contributed by atoms with Crippen LogP contribution >= 0.6 is 0 Å². The lowest BCUT2D eigenvalue weighted by Gasteiger charge is -2.22. The van der Waals surface area contributed by atoms with Gasteiger partial charge in [0.25, 0.3) is 0 Å². The number of hydrogen-bond acceptors (Lipinski definition) is 3. The lowest BCUT2D eigenvalue weighted by atomic mass is 9.96. The first kappa shape index (κ1) is 16.1. The molecule has 2 fully saturated rings. The van der Waals surface area contributed by atoms with E-state index in [-0.39, 0.29) is 12.1 Å². The third-order valence-electron chi connectivity index (χ3n) is 4.51.